The molecule has 104 valence electrons. The number of likely N-dealkylation sites (tertiary alicyclic amines) is 1. The molecule has 1 aromatic carbocycles. The van der Waals surface area contributed by atoms with Crippen LogP contribution in [-0.4, -0.2) is 30.3 Å². The average molecular weight is 259 g/mol. The molecule has 0 unspecified atom stereocenters. The fourth-order valence-corrected chi connectivity index (χ4v) is 3.12. The Morgan fingerprint density at radius 2 is 1.89 bits per heavy atom. The summed E-state index contributed by atoms with van der Waals surface area (Å²) in [7, 11) is 0. The summed E-state index contributed by atoms with van der Waals surface area (Å²) in [6, 6.07) is 10.1. The molecule has 1 saturated heterocycles. The molecular weight excluding hydrogens is 234 g/mol. The highest BCUT2D eigenvalue weighted by Gasteiger charge is 2.35. The Balaban J connectivity index is 1.84. The first kappa shape index (κ1) is 14.3. The lowest BCUT2D eigenvalue weighted by Crippen LogP contribution is -2.31. The van der Waals surface area contributed by atoms with Crippen LogP contribution in [-0.2, 0) is 11.2 Å². The van der Waals surface area contributed by atoms with Gasteiger partial charge in [-0.15, -0.1) is 0 Å². The van der Waals surface area contributed by atoms with Crippen molar-refractivity contribution in [3.05, 3.63) is 35.9 Å². The lowest BCUT2D eigenvalue weighted by Gasteiger charge is -2.26. The molecule has 0 aliphatic carbocycles. The fourth-order valence-electron chi connectivity index (χ4n) is 3.12. The number of Topliss-reactive ketones (excluding diaryl/α,β-unsaturated/α-hetero) is 1. The molecule has 1 heterocycles. The largest absolute Gasteiger partial charge is 0.298 e. The van der Waals surface area contributed by atoms with Crippen LogP contribution in [0.25, 0.3) is 0 Å². The molecule has 0 N–H and O–H groups in total. The van der Waals surface area contributed by atoms with Crippen LogP contribution < -0.4 is 0 Å². The number of carbonyl (C=O) groups excluding carboxylic acids is 1. The van der Waals surface area contributed by atoms with E-state index < -0.39 is 0 Å². The van der Waals surface area contributed by atoms with E-state index in [-0.39, 0.29) is 0 Å². The fraction of sp³-hybridized carbons (Fsp3) is 0.588. The second kappa shape index (κ2) is 6.33. The Morgan fingerprint density at radius 3 is 2.47 bits per heavy atom. The monoisotopic (exact) mass is 259 g/mol. The van der Waals surface area contributed by atoms with Gasteiger partial charge in [-0.3, -0.25) is 9.69 Å². The van der Waals surface area contributed by atoms with Crippen molar-refractivity contribution in [2.45, 2.75) is 39.5 Å². The van der Waals surface area contributed by atoms with Gasteiger partial charge in [0.25, 0.3) is 0 Å². The van der Waals surface area contributed by atoms with E-state index in [0.29, 0.717) is 24.2 Å². The number of hydrogen-bond donors (Lipinski definition) is 0. The standard InChI is InChI=1S/C17H25NO/c1-3-17(4-2)10-11-18(14-17)13-16(19)12-15-8-6-5-7-9-15/h5-9H,3-4,10-14H2,1-2H3. The van der Waals surface area contributed by atoms with E-state index in [1.807, 2.05) is 30.3 Å². The van der Waals surface area contributed by atoms with Gasteiger partial charge >= 0.3 is 0 Å². The first-order valence-corrected chi connectivity index (χ1v) is 7.45. The van der Waals surface area contributed by atoms with Gasteiger partial charge in [0.2, 0.25) is 0 Å². The van der Waals surface area contributed by atoms with Crippen LogP contribution in [0.4, 0.5) is 0 Å². The van der Waals surface area contributed by atoms with Crippen LogP contribution >= 0.6 is 0 Å². The maximum Gasteiger partial charge on any atom is 0.151 e. The van der Waals surface area contributed by atoms with Gasteiger partial charge in [0.1, 0.15) is 0 Å². The zero-order chi connectivity index (χ0) is 13.7. The van der Waals surface area contributed by atoms with Crippen molar-refractivity contribution in [2.75, 3.05) is 19.6 Å². The van der Waals surface area contributed by atoms with Crippen LogP contribution in [0.15, 0.2) is 30.3 Å². The molecule has 19 heavy (non-hydrogen) atoms. The van der Waals surface area contributed by atoms with E-state index in [2.05, 4.69) is 18.7 Å². The Morgan fingerprint density at radius 1 is 1.21 bits per heavy atom. The van der Waals surface area contributed by atoms with Gasteiger partial charge in [0.05, 0.1) is 6.54 Å². The van der Waals surface area contributed by atoms with E-state index in [4.69, 9.17) is 0 Å². The number of benzene rings is 1. The van der Waals surface area contributed by atoms with Crippen molar-refractivity contribution < 1.29 is 4.79 Å². The van der Waals surface area contributed by atoms with Gasteiger partial charge in [-0.05, 0) is 36.8 Å². The van der Waals surface area contributed by atoms with Crippen molar-refractivity contribution in [1.82, 2.24) is 4.90 Å². The summed E-state index contributed by atoms with van der Waals surface area (Å²) in [4.78, 5) is 14.5. The summed E-state index contributed by atoms with van der Waals surface area (Å²) in [5.41, 5.74) is 1.59. The third-order valence-corrected chi connectivity index (χ3v) is 4.66. The van der Waals surface area contributed by atoms with Crippen molar-refractivity contribution >= 4 is 5.78 Å². The van der Waals surface area contributed by atoms with Gasteiger partial charge < -0.3 is 0 Å². The number of rotatable bonds is 6. The molecule has 0 aromatic heterocycles. The predicted octanol–water partition coefficient (Wildman–Crippen LogP) is 3.31. The van der Waals surface area contributed by atoms with Crippen LogP contribution in [0.5, 0.6) is 0 Å². The highest BCUT2D eigenvalue weighted by atomic mass is 16.1. The number of ketones is 1. The molecule has 1 aromatic rings. The van der Waals surface area contributed by atoms with E-state index in [0.717, 1.165) is 18.7 Å². The molecule has 0 saturated carbocycles. The van der Waals surface area contributed by atoms with Gasteiger partial charge in [-0.2, -0.15) is 0 Å². The molecule has 0 atom stereocenters. The van der Waals surface area contributed by atoms with Crippen molar-refractivity contribution in [3.63, 3.8) is 0 Å². The van der Waals surface area contributed by atoms with E-state index in [1.54, 1.807) is 0 Å². The first-order chi connectivity index (χ1) is 9.17. The summed E-state index contributed by atoms with van der Waals surface area (Å²) < 4.78 is 0. The molecule has 1 aliphatic heterocycles. The van der Waals surface area contributed by atoms with Crippen molar-refractivity contribution in [2.24, 2.45) is 5.41 Å². The highest BCUT2D eigenvalue weighted by molar-refractivity contribution is 5.82. The number of carbonyl (C=O) groups is 1. The second-order valence-corrected chi connectivity index (χ2v) is 5.87. The highest BCUT2D eigenvalue weighted by Crippen LogP contribution is 2.36. The summed E-state index contributed by atoms with van der Waals surface area (Å²) in [5, 5.41) is 0. The van der Waals surface area contributed by atoms with E-state index in [9.17, 15) is 4.79 Å². The first-order valence-electron chi connectivity index (χ1n) is 7.45. The van der Waals surface area contributed by atoms with E-state index >= 15 is 0 Å². The van der Waals surface area contributed by atoms with Crippen molar-refractivity contribution in [1.29, 1.82) is 0 Å². The molecule has 2 heteroatoms. The summed E-state index contributed by atoms with van der Waals surface area (Å²) in [6.45, 7) is 7.36. The van der Waals surface area contributed by atoms with Gasteiger partial charge in [-0.25, -0.2) is 0 Å². The molecule has 1 fully saturated rings. The molecule has 0 spiro atoms. The zero-order valence-corrected chi connectivity index (χ0v) is 12.2. The SMILES string of the molecule is CCC1(CC)CCN(CC(=O)Cc2ccccc2)C1. The quantitative estimate of drug-likeness (QED) is 0.781. The molecule has 2 rings (SSSR count). The van der Waals surface area contributed by atoms with Gasteiger partial charge in [-0.1, -0.05) is 44.2 Å². The third-order valence-electron chi connectivity index (χ3n) is 4.66. The smallest absolute Gasteiger partial charge is 0.151 e. The van der Waals surface area contributed by atoms with Crippen LogP contribution in [0.1, 0.15) is 38.7 Å². The Hall–Kier alpha value is -1.15. The van der Waals surface area contributed by atoms with Crippen molar-refractivity contribution in [3.8, 4) is 0 Å². The maximum atomic E-state index is 12.1. The Kier molecular flexibility index (Phi) is 4.76. The third kappa shape index (κ3) is 3.66. The van der Waals surface area contributed by atoms with Gasteiger partial charge in [0, 0.05) is 13.0 Å². The lowest BCUT2D eigenvalue weighted by molar-refractivity contribution is -0.119. The summed E-state index contributed by atoms with van der Waals surface area (Å²) in [5.74, 6) is 0.342. The average Bonchev–Trinajstić information content (AvgIpc) is 2.84. The predicted molar refractivity (Wildman–Crippen MR) is 79.2 cm³/mol. The minimum absolute atomic E-state index is 0.342. The summed E-state index contributed by atoms with van der Waals surface area (Å²) in [6.07, 6.45) is 4.28. The molecule has 0 radical (unpaired) electrons. The molecule has 1 aliphatic rings. The number of nitrogens with zero attached hydrogens (tertiary/aromatic N) is 1. The molecule has 0 bridgehead atoms. The summed E-state index contributed by atoms with van der Waals surface area (Å²) >= 11 is 0. The van der Waals surface area contributed by atoms with E-state index in [1.165, 1.54) is 19.3 Å². The topological polar surface area (TPSA) is 20.3 Å². The Labute approximate surface area is 116 Å². The Bertz CT molecular complexity index is 409. The lowest BCUT2D eigenvalue weighted by atomic mass is 9.82. The van der Waals surface area contributed by atoms with Gasteiger partial charge in [0.15, 0.2) is 5.78 Å². The van der Waals surface area contributed by atoms with Crippen LogP contribution in [0, 0.1) is 5.41 Å². The maximum absolute atomic E-state index is 12.1. The normalized spacial score (nSPS) is 18.6. The van der Waals surface area contributed by atoms with Crippen LogP contribution in [0.3, 0.4) is 0 Å². The second-order valence-electron chi connectivity index (χ2n) is 5.87. The minimum Gasteiger partial charge on any atom is -0.298 e. The number of hydrogen-bond acceptors (Lipinski definition) is 2. The zero-order valence-electron chi connectivity index (χ0n) is 12.2. The molecule has 0 amide bonds. The molecular formula is C17H25NO. The molecule has 2 nitrogen and oxygen atoms in total. The minimum atomic E-state index is 0.342. The van der Waals surface area contributed by atoms with Crippen LogP contribution in [0.2, 0.25) is 0 Å².